The Morgan fingerprint density at radius 3 is 2.62 bits per heavy atom. The predicted molar refractivity (Wildman–Crippen MR) is 104 cm³/mol. The number of aromatic nitrogens is 2. The van der Waals surface area contributed by atoms with E-state index in [0.29, 0.717) is 18.7 Å². The number of benzene rings is 1. The molecule has 9 heteroatoms. The number of aromatic amines is 1. The monoisotopic (exact) mass is 416 g/mol. The molecule has 29 heavy (non-hydrogen) atoms. The summed E-state index contributed by atoms with van der Waals surface area (Å²) in [6.07, 6.45) is 0.426. The van der Waals surface area contributed by atoms with E-state index in [9.17, 15) is 14.4 Å². The van der Waals surface area contributed by atoms with Gasteiger partial charge in [0.25, 0.3) is 5.91 Å². The van der Waals surface area contributed by atoms with Crippen molar-refractivity contribution in [2.24, 2.45) is 5.92 Å². The number of H-pyrrole nitrogens is 1. The first-order chi connectivity index (χ1) is 13.9. The first kappa shape index (κ1) is 19.4. The van der Waals surface area contributed by atoms with Crippen molar-refractivity contribution >= 4 is 29.4 Å². The summed E-state index contributed by atoms with van der Waals surface area (Å²) >= 11 is 6.16. The van der Waals surface area contributed by atoms with Crippen molar-refractivity contribution in [1.82, 2.24) is 20.0 Å². The topological polar surface area (TPSA) is 95.6 Å². The minimum absolute atomic E-state index is 0.0885. The fraction of sp³-hybridized carbons (Fsp3) is 0.400. The number of nitrogens with one attached hydrogen (secondary N) is 1. The van der Waals surface area contributed by atoms with Gasteiger partial charge in [0.2, 0.25) is 5.91 Å². The zero-order valence-corrected chi connectivity index (χ0v) is 16.8. The molecule has 3 atom stereocenters. The molecule has 2 aliphatic rings. The second kappa shape index (κ2) is 7.51. The largest absolute Gasteiger partial charge is 0.469 e. The second-order valence-electron chi connectivity index (χ2n) is 7.37. The SMILES string of the molecule is COC(=O)[C@H]1C[C@H]2CN(C(=O)c3n[nH]c(C)c3Cl)CC(=O)N2[C@H]1c1ccccc1. The van der Waals surface area contributed by atoms with E-state index in [1.165, 1.54) is 12.0 Å². The number of halogens is 1. The van der Waals surface area contributed by atoms with Gasteiger partial charge in [0.15, 0.2) is 5.69 Å². The number of piperazine rings is 1. The third-order valence-electron chi connectivity index (χ3n) is 5.65. The number of rotatable bonds is 3. The highest BCUT2D eigenvalue weighted by Crippen LogP contribution is 2.43. The maximum atomic E-state index is 13.1. The van der Waals surface area contributed by atoms with E-state index >= 15 is 0 Å². The molecular formula is C20H21ClN4O4. The average Bonchev–Trinajstić information content (AvgIpc) is 3.28. The third-order valence-corrected chi connectivity index (χ3v) is 6.12. The number of nitrogens with zero attached hydrogens (tertiary/aromatic N) is 3. The Morgan fingerprint density at radius 2 is 2.00 bits per heavy atom. The summed E-state index contributed by atoms with van der Waals surface area (Å²) in [4.78, 5) is 41.6. The molecule has 152 valence electrons. The molecule has 4 rings (SSSR count). The van der Waals surface area contributed by atoms with E-state index in [1.54, 1.807) is 11.8 Å². The number of hydrogen-bond acceptors (Lipinski definition) is 5. The van der Waals surface area contributed by atoms with E-state index in [2.05, 4.69) is 10.2 Å². The molecule has 0 spiro atoms. The van der Waals surface area contributed by atoms with Gasteiger partial charge < -0.3 is 14.5 Å². The van der Waals surface area contributed by atoms with Gasteiger partial charge in [0, 0.05) is 6.54 Å². The van der Waals surface area contributed by atoms with Gasteiger partial charge in [0.05, 0.1) is 35.8 Å². The van der Waals surface area contributed by atoms with Crippen molar-refractivity contribution in [2.45, 2.75) is 25.4 Å². The Morgan fingerprint density at radius 1 is 1.28 bits per heavy atom. The van der Waals surface area contributed by atoms with Crippen LogP contribution in [0.25, 0.3) is 0 Å². The van der Waals surface area contributed by atoms with Gasteiger partial charge in [-0.3, -0.25) is 19.5 Å². The van der Waals surface area contributed by atoms with Crippen LogP contribution in [-0.2, 0) is 14.3 Å². The highest BCUT2D eigenvalue weighted by atomic mass is 35.5. The Kier molecular flexibility index (Phi) is 5.04. The molecule has 0 radical (unpaired) electrons. The lowest BCUT2D eigenvalue weighted by atomic mass is 9.93. The molecule has 0 unspecified atom stereocenters. The number of ether oxygens (including phenoxy) is 1. The zero-order chi connectivity index (χ0) is 20.7. The van der Waals surface area contributed by atoms with Crippen LogP contribution in [0, 0.1) is 12.8 Å². The van der Waals surface area contributed by atoms with Crippen molar-refractivity contribution in [1.29, 1.82) is 0 Å². The van der Waals surface area contributed by atoms with Gasteiger partial charge in [-0.2, -0.15) is 5.10 Å². The summed E-state index contributed by atoms with van der Waals surface area (Å²) in [5, 5.41) is 6.91. The maximum Gasteiger partial charge on any atom is 0.311 e. The molecule has 2 aromatic rings. The summed E-state index contributed by atoms with van der Waals surface area (Å²) < 4.78 is 5.00. The van der Waals surface area contributed by atoms with E-state index in [1.807, 2.05) is 30.3 Å². The minimum Gasteiger partial charge on any atom is -0.469 e. The Hall–Kier alpha value is -2.87. The van der Waals surface area contributed by atoms with Crippen molar-refractivity contribution in [2.75, 3.05) is 20.2 Å². The van der Waals surface area contributed by atoms with Crippen molar-refractivity contribution in [3.05, 3.63) is 52.3 Å². The summed E-state index contributed by atoms with van der Waals surface area (Å²) in [6.45, 7) is 1.94. The van der Waals surface area contributed by atoms with Crippen LogP contribution in [0.2, 0.25) is 5.02 Å². The summed E-state index contributed by atoms with van der Waals surface area (Å²) in [5.41, 5.74) is 1.58. The van der Waals surface area contributed by atoms with Crippen molar-refractivity contribution in [3.8, 4) is 0 Å². The molecule has 3 heterocycles. The number of carbonyl (C=O) groups is 3. The summed E-state index contributed by atoms with van der Waals surface area (Å²) in [6, 6.07) is 8.76. The fourth-order valence-electron chi connectivity index (χ4n) is 4.32. The number of aryl methyl sites for hydroxylation is 1. The first-order valence-corrected chi connectivity index (χ1v) is 9.73. The van der Waals surface area contributed by atoms with Crippen LogP contribution in [0.4, 0.5) is 0 Å². The Balaban J connectivity index is 1.63. The number of fused-ring (bicyclic) bond motifs is 1. The smallest absolute Gasteiger partial charge is 0.311 e. The van der Waals surface area contributed by atoms with Gasteiger partial charge in [0.1, 0.15) is 6.54 Å². The van der Waals surface area contributed by atoms with Crippen LogP contribution in [0.3, 0.4) is 0 Å². The van der Waals surface area contributed by atoms with Gasteiger partial charge >= 0.3 is 5.97 Å². The van der Waals surface area contributed by atoms with Crippen LogP contribution in [0.1, 0.15) is 34.2 Å². The number of methoxy groups -OCH3 is 1. The minimum atomic E-state index is -0.484. The molecule has 1 aromatic heterocycles. The Labute approximate surface area is 172 Å². The second-order valence-corrected chi connectivity index (χ2v) is 7.75. The number of hydrogen-bond donors (Lipinski definition) is 1. The highest BCUT2D eigenvalue weighted by Gasteiger charge is 2.51. The molecule has 0 aliphatic carbocycles. The highest BCUT2D eigenvalue weighted by molar-refractivity contribution is 6.34. The third kappa shape index (κ3) is 3.27. The molecule has 2 amide bonds. The molecule has 1 N–H and O–H groups in total. The average molecular weight is 417 g/mol. The van der Waals surface area contributed by atoms with Gasteiger partial charge in [-0.15, -0.1) is 0 Å². The fourth-order valence-corrected chi connectivity index (χ4v) is 4.49. The normalized spacial score (nSPS) is 23.8. The number of esters is 1. The molecule has 8 nitrogen and oxygen atoms in total. The van der Waals surface area contributed by atoms with Crippen LogP contribution >= 0.6 is 11.6 Å². The van der Waals surface area contributed by atoms with E-state index in [0.717, 1.165) is 5.56 Å². The zero-order valence-electron chi connectivity index (χ0n) is 16.1. The first-order valence-electron chi connectivity index (χ1n) is 9.36. The number of amides is 2. The van der Waals surface area contributed by atoms with Crippen molar-refractivity contribution in [3.63, 3.8) is 0 Å². The van der Waals surface area contributed by atoms with Crippen LogP contribution in [0.15, 0.2) is 30.3 Å². The molecule has 2 aliphatic heterocycles. The molecule has 1 aromatic carbocycles. The standard InChI is InChI=1S/C20H21ClN4O4/c1-11-16(21)17(23-22-11)19(27)24-9-13-8-14(20(28)29-2)18(25(13)15(26)10-24)12-6-4-3-5-7-12/h3-7,13-14,18H,8-10H2,1-2H3,(H,22,23)/t13-,14-,18-/m0/s1. The van der Waals surface area contributed by atoms with E-state index in [4.69, 9.17) is 16.3 Å². The molecule has 0 bridgehead atoms. The Bertz CT molecular complexity index is 961. The lowest BCUT2D eigenvalue weighted by Gasteiger charge is -2.39. The van der Waals surface area contributed by atoms with Gasteiger partial charge in [-0.05, 0) is 18.9 Å². The van der Waals surface area contributed by atoms with Gasteiger partial charge in [-0.25, -0.2) is 0 Å². The molecule has 2 saturated heterocycles. The van der Waals surface area contributed by atoms with E-state index in [-0.39, 0.29) is 35.2 Å². The summed E-state index contributed by atoms with van der Waals surface area (Å²) in [7, 11) is 1.35. The molecule has 2 fully saturated rings. The molecule has 0 saturated carbocycles. The van der Waals surface area contributed by atoms with Gasteiger partial charge in [-0.1, -0.05) is 41.9 Å². The van der Waals surface area contributed by atoms with Crippen LogP contribution in [0.5, 0.6) is 0 Å². The molecular weight excluding hydrogens is 396 g/mol. The lowest BCUT2D eigenvalue weighted by molar-refractivity contribution is -0.147. The lowest BCUT2D eigenvalue weighted by Crippen LogP contribution is -2.56. The predicted octanol–water partition coefficient (Wildman–Crippen LogP) is 1.96. The van der Waals surface area contributed by atoms with Crippen molar-refractivity contribution < 1.29 is 19.1 Å². The maximum absolute atomic E-state index is 13.1. The van der Waals surface area contributed by atoms with E-state index < -0.39 is 17.9 Å². The summed E-state index contributed by atoms with van der Waals surface area (Å²) in [5.74, 6) is -1.45. The number of carbonyl (C=O) groups excluding carboxylic acids is 3. The quantitative estimate of drug-likeness (QED) is 0.771. The van der Waals surface area contributed by atoms with Crippen LogP contribution < -0.4 is 0 Å². The van der Waals surface area contributed by atoms with Crippen LogP contribution in [-0.4, -0.2) is 64.0 Å².